The monoisotopic (exact) mass is 517 g/mol. The second-order valence-corrected chi connectivity index (χ2v) is 7.86. The molecule has 0 aliphatic rings. The number of hydrogen-bond donors (Lipinski definition) is 0. The molecule has 0 radical (unpaired) electrons. The molecule has 0 N–H and O–H groups in total. The first kappa shape index (κ1) is 26.1. The van der Waals surface area contributed by atoms with E-state index < -0.39 is 0 Å². The van der Waals surface area contributed by atoms with Crippen molar-refractivity contribution in [2.75, 3.05) is 42.7 Å². The predicted molar refractivity (Wildman–Crippen MR) is 143 cm³/mol. The van der Waals surface area contributed by atoms with Gasteiger partial charge in [-0.2, -0.15) is 5.10 Å². The molecule has 0 aliphatic carbocycles. The molecule has 0 bridgehead atoms. The quantitative estimate of drug-likeness (QED) is 0.139. The highest BCUT2D eigenvalue weighted by Crippen LogP contribution is 2.44. The van der Waals surface area contributed by atoms with Gasteiger partial charge in [-0.3, -0.25) is 0 Å². The minimum atomic E-state index is 0.480. The Hall–Kier alpha value is -5.02. The van der Waals surface area contributed by atoms with Crippen LogP contribution in [0.25, 0.3) is 38.6 Å². The van der Waals surface area contributed by atoms with Crippen LogP contribution < -0.4 is 28.4 Å². The van der Waals surface area contributed by atoms with E-state index in [2.05, 4.69) is 10.0 Å². The van der Waals surface area contributed by atoms with Gasteiger partial charge in [0.25, 0.3) is 0 Å². The second kappa shape index (κ2) is 11.4. The third-order valence-corrected chi connectivity index (χ3v) is 5.88. The highest BCUT2D eigenvalue weighted by atomic mass is 16.5. The summed E-state index contributed by atoms with van der Waals surface area (Å²) in [5.74, 6) is 2.98. The van der Waals surface area contributed by atoms with Crippen LogP contribution in [0.1, 0.15) is 0 Å². The van der Waals surface area contributed by atoms with E-state index in [0.29, 0.717) is 45.9 Å². The minimum absolute atomic E-state index is 0.480. The van der Waals surface area contributed by atoms with Crippen LogP contribution in [0.3, 0.4) is 0 Å². The van der Waals surface area contributed by atoms with Gasteiger partial charge in [-0.25, -0.2) is 4.68 Å². The summed E-state index contributed by atoms with van der Waals surface area (Å²) in [6, 6.07) is 16.4. The summed E-state index contributed by atoms with van der Waals surface area (Å²) < 4.78 is 35.0. The van der Waals surface area contributed by atoms with Crippen molar-refractivity contribution in [3.63, 3.8) is 0 Å². The smallest absolute Gasteiger partial charge is 0.203 e. The summed E-state index contributed by atoms with van der Waals surface area (Å²) in [7, 11) is 9.36. The molecule has 38 heavy (non-hydrogen) atoms. The molecule has 0 saturated heterocycles. The van der Waals surface area contributed by atoms with Crippen molar-refractivity contribution < 1.29 is 28.4 Å². The van der Waals surface area contributed by atoms with Gasteiger partial charge in [0.2, 0.25) is 11.5 Å². The van der Waals surface area contributed by atoms with Gasteiger partial charge in [0.15, 0.2) is 23.0 Å². The Balaban J connectivity index is 1.97. The second-order valence-electron chi connectivity index (χ2n) is 7.86. The summed E-state index contributed by atoms with van der Waals surface area (Å²) >= 11 is 0. The highest BCUT2D eigenvalue weighted by molar-refractivity contribution is 5.76. The first-order valence-electron chi connectivity index (χ1n) is 11.4. The summed E-state index contributed by atoms with van der Waals surface area (Å²) in [5.41, 5.74) is 12.9. The molecule has 0 unspecified atom stereocenters. The van der Waals surface area contributed by atoms with E-state index in [4.69, 9.17) is 39.1 Å². The summed E-state index contributed by atoms with van der Waals surface area (Å²) in [6.45, 7) is 0. The van der Waals surface area contributed by atoms with Crippen LogP contribution in [0.4, 0.5) is 5.69 Å². The maximum Gasteiger partial charge on any atom is 0.203 e. The highest BCUT2D eigenvalue weighted by Gasteiger charge is 2.21. The third kappa shape index (κ3) is 4.82. The Kier molecular flexibility index (Phi) is 7.79. The van der Waals surface area contributed by atoms with Gasteiger partial charge in [0.05, 0.1) is 59.7 Å². The minimum Gasteiger partial charge on any atom is -0.493 e. The van der Waals surface area contributed by atoms with Gasteiger partial charge in [0.1, 0.15) is 0 Å². The first-order chi connectivity index (χ1) is 18.5. The lowest BCUT2D eigenvalue weighted by Crippen LogP contribution is -2.01. The number of methoxy groups -OCH3 is 6. The lowest BCUT2D eigenvalue weighted by molar-refractivity contribution is 0.324. The van der Waals surface area contributed by atoms with Crippen LogP contribution in [0.15, 0.2) is 59.7 Å². The van der Waals surface area contributed by atoms with Crippen molar-refractivity contribution in [2.45, 2.75) is 0 Å². The van der Waals surface area contributed by atoms with Gasteiger partial charge in [-0.1, -0.05) is 17.2 Å². The van der Waals surface area contributed by atoms with E-state index in [9.17, 15) is 0 Å². The molecule has 0 atom stereocenters. The molecule has 0 spiro atoms. The number of benzene rings is 3. The molecule has 0 saturated carbocycles. The Morgan fingerprint density at radius 2 is 1.13 bits per heavy atom. The molecular weight excluding hydrogens is 490 g/mol. The molecule has 4 rings (SSSR count). The molecule has 196 valence electrons. The van der Waals surface area contributed by atoms with E-state index in [-0.39, 0.29) is 0 Å². The van der Waals surface area contributed by atoms with Crippen LogP contribution in [-0.4, -0.2) is 52.4 Å². The average Bonchev–Trinajstić information content (AvgIpc) is 3.41. The standard InChI is InChI=1S/C27H27N5O6/c1-33-22-11-16(12-23(34-2)26(22)37-5)20-15-21(17-13-24(35-3)27(38-6)25(14-17)36-4)32(30-20)19-9-7-18(8-10-19)29-31-28/h7-15H,1-6H3. The number of rotatable bonds is 10. The van der Waals surface area contributed by atoms with Crippen molar-refractivity contribution in [2.24, 2.45) is 5.11 Å². The van der Waals surface area contributed by atoms with Crippen LogP contribution in [-0.2, 0) is 0 Å². The third-order valence-electron chi connectivity index (χ3n) is 5.88. The van der Waals surface area contributed by atoms with Crippen molar-refractivity contribution in [1.29, 1.82) is 0 Å². The fraction of sp³-hybridized carbons (Fsp3) is 0.222. The van der Waals surface area contributed by atoms with Gasteiger partial charge < -0.3 is 28.4 Å². The molecule has 4 aromatic rings. The normalized spacial score (nSPS) is 10.4. The SMILES string of the molecule is COc1cc(-c2cc(-c3cc(OC)c(OC)c(OC)c3)n(-c3ccc(N=[N+]=[N-])cc3)n2)cc(OC)c1OC. The Morgan fingerprint density at radius 3 is 1.55 bits per heavy atom. The average molecular weight is 518 g/mol. The molecule has 11 heteroatoms. The van der Waals surface area contributed by atoms with E-state index >= 15 is 0 Å². The number of nitrogens with zero attached hydrogens (tertiary/aromatic N) is 5. The topological polar surface area (TPSA) is 122 Å². The zero-order chi connectivity index (χ0) is 27.2. The van der Waals surface area contributed by atoms with Crippen molar-refractivity contribution in [3.05, 3.63) is 65.0 Å². The van der Waals surface area contributed by atoms with Crippen LogP contribution in [0, 0.1) is 0 Å². The van der Waals surface area contributed by atoms with Crippen LogP contribution in [0.5, 0.6) is 34.5 Å². The largest absolute Gasteiger partial charge is 0.493 e. The zero-order valence-corrected chi connectivity index (χ0v) is 21.9. The lowest BCUT2D eigenvalue weighted by atomic mass is 10.1. The number of azide groups is 1. The van der Waals surface area contributed by atoms with Gasteiger partial charge in [-0.05, 0) is 48.0 Å². The molecule has 0 fully saturated rings. The van der Waals surface area contributed by atoms with Crippen molar-refractivity contribution in [1.82, 2.24) is 9.78 Å². The maximum atomic E-state index is 8.77. The Labute approximate surface area is 219 Å². The van der Waals surface area contributed by atoms with E-state index in [0.717, 1.165) is 22.5 Å². The molecule has 3 aromatic carbocycles. The molecule has 11 nitrogen and oxygen atoms in total. The predicted octanol–water partition coefficient (Wildman–Crippen LogP) is 6.20. The van der Waals surface area contributed by atoms with Crippen molar-refractivity contribution in [3.8, 4) is 62.7 Å². The van der Waals surface area contributed by atoms with Crippen LogP contribution in [0.2, 0.25) is 0 Å². The first-order valence-corrected chi connectivity index (χ1v) is 11.4. The van der Waals surface area contributed by atoms with Crippen LogP contribution >= 0.6 is 0 Å². The Bertz CT molecular complexity index is 1440. The van der Waals surface area contributed by atoms with Gasteiger partial charge in [-0.15, -0.1) is 0 Å². The van der Waals surface area contributed by atoms with E-state index in [1.807, 2.05) is 42.5 Å². The molecule has 1 aromatic heterocycles. The number of aromatic nitrogens is 2. The maximum absolute atomic E-state index is 8.77. The molecule has 0 amide bonds. The molecule has 1 heterocycles. The number of hydrogen-bond acceptors (Lipinski definition) is 8. The fourth-order valence-corrected chi connectivity index (χ4v) is 4.09. The summed E-state index contributed by atoms with van der Waals surface area (Å²) in [4.78, 5) is 2.85. The van der Waals surface area contributed by atoms with E-state index in [1.54, 1.807) is 59.5 Å². The lowest BCUT2D eigenvalue weighted by Gasteiger charge is -2.15. The van der Waals surface area contributed by atoms with Gasteiger partial charge in [0, 0.05) is 21.7 Å². The Morgan fingerprint density at radius 1 is 0.658 bits per heavy atom. The fourth-order valence-electron chi connectivity index (χ4n) is 4.09. The summed E-state index contributed by atoms with van der Waals surface area (Å²) in [5, 5.41) is 8.57. The van der Waals surface area contributed by atoms with Gasteiger partial charge >= 0.3 is 0 Å². The van der Waals surface area contributed by atoms with E-state index in [1.165, 1.54) is 0 Å². The van der Waals surface area contributed by atoms with Crippen molar-refractivity contribution >= 4 is 5.69 Å². The molecular formula is C27H27N5O6. The summed E-state index contributed by atoms with van der Waals surface area (Å²) in [6.07, 6.45) is 0. The number of ether oxygens (including phenoxy) is 6. The zero-order valence-electron chi connectivity index (χ0n) is 21.9. The molecule has 0 aliphatic heterocycles.